The highest BCUT2D eigenvalue weighted by Gasteiger charge is 2.12. The van der Waals surface area contributed by atoms with E-state index in [0.29, 0.717) is 28.8 Å². The van der Waals surface area contributed by atoms with Crippen molar-refractivity contribution >= 4 is 22.7 Å². The fourth-order valence-electron chi connectivity index (χ4n) is 2.58. The molecule has 0 amide bonds. The molecule has 1 aromatic heterocycles. The molecular formula is C20H19N3O5. The average Bonchev–Trinajstić information content (AvgIpc) is 2.72. The molecule has 0 spiro atoms. The van der Waals surface area contributed by atoms with Gasteiger partial charge in [-0.25, -0.2) is 0 Å². The van der Waals surface area contributed by atoms with Gasteiger partial charge in [0, 0.05) is 12.0 Å². The van der Waals surface area contributed by atoms with Crippen LogP contribution in [0.3, 0.4) is 0 Å². The van der Waals surface area contributed by atoms with E-state index in [1.54, 1.807) is 48.5 Å². The van der Waals surface area contributed by atoms with Crippen LogP contribution in [-0.2, 0) is 16.3 Å². The lowest BCUT2D eigenvalue weighted by Gasteiger charge is -2.07. The summed E-state index contributed by atoms with van der Waals surface area (Å²) in [6.07, 6.45) is -0.0904. The van der Waals surface area contributed by atoms with Gasteiger partial charge in [0.15, 0.2) is 12.5 Å². The maximum absolute atomic E-state index is 12.3. The quantitative estimate of drug-likeness (QED) is 0.436. The molecule has 3 aromatic rings. The molecule has 0 N–H and O–H groups in total. The highest BCUT2D eigenvalue weighted by molar-refractivity contribution is 5.97. The van der Waals surface area contributed by atoms with Gasteiger partial charge < -0.3 is 9.47 Å². The van der Waals surface area contributed by atoms with Gasteiger partial charge >= 0.3 is 5.97 Å². The third-order valence-corrected chi connectivity index (χ3v) is 4.02. The molecule has 3 rings (SSSR count). The number of rotatable bonds is 8. The molecule has 2 aromatic carbocycles. The first-order chi connectivity index (χ1) is 13.6. The van der Waals surface area contributed by atoms with Gasteiger partial charge in [0.2, 0.25) is 0 Å². The molecule has 0 atom stereocenters. The van der Waals surface area contributed by atoms with Crippen LogP contribution in [0.15, 0.2) is 53.3 Å². The fourth-order valence-corrected chi connectivity index (χ4v) is 2.58. The number of nitrogens with zero attached hydrogens (tertiary/aromatic N) is 3. The van der Waals surface area contributed by atoms with Gasteiger partial charge in [-0.2, -0.15) is 4.68 Å². The van der Waals surface area contributed by atoms with Gasteiger partial charge in [0.25, 0.3) is 5.56 Å². The summed E-state index contributed by atoms with van der Waals surface area (Å²) in [4.78, 5) is 36.3. The van der Waals surface area contributed by atoms with E-state index in [4.69, 9.17) is 9.47 Å². The molecule has 0 fully saturated rings. The molecule has 0 radical (unpaired) electrons. The van der Waals surface area contributed by atoms with Crippen molar-refractivity contribution in [3.63, 3.8) is 0 Å². The summed E-state index contributed by atoms with van der Waals surface area (Å²) in [6.45, 7) is 2.07. The zero-order valence-electron chi connectivity index (χ0n) is 15.3. The number of esters is 1. The van der Waals surface area contributed by atoms with Gasteiger partial charge in [0.1, 0.15) is 11.3 Å². The molecule has 8 nitrogen and oxygen atoms in total. The Bertz CT molecular complexity index is 1040. The van der Waals surface area contributed by atoms with E-state index in [1.807, 2.05) is 6.92 Å². The second-order valence-electron chi connectivity index (χ2n) is 5.94. The molecule has 0 aliphatic carbocycles. The number of carbonyl (C=O) groups is 2. The molecule has 0 saturated heterocycles. The van der Waals surface area contributed by atoms with E-state index >= 15 is 0 Å². The maximum Gasteiger partial charge on any atom is 0.308 e. The van der Waals surface area contributed by atoms with E-state index in [0.717, 1.165) is 4.68 Å². The Morgan fingerprint density at radius 1 is 1.04 bits per heavy atom. The van der Waals surface area contributed by atoms with Crippen molar-refractivity contribution in [2.75, 3.05) is 6.61 Å². The first kappa shape index (κ1) is 19.2. The van der Waals surface area contributed by atoms with Crippen molar-refractivity contribution in [2.45, 2.75) is 26.5 Å². The monoisotopic (exact) mass is 381 g/mol. The van der Waals surface area contributed by atoms with Crippen molar-refractivity contribution < 1.29 is 19.1 Å². The molecular weight excluding hydrogens is 362 g/mol. The van der Waals surface area contributed by atoms with Crippen molar-refractivity contribution in [2.24, 2.45) is 0 Å². The minimum absolute atomic E-state index is 0.00507. The molecule has 0 saturated carbocycles. The summed E-state index contributed by atoms with van der Waals surface area (Å²) in [5.74, 6) is -0.0933. The fraction of sp³-hybridized carbons (Fsp3) is 0.250. The minimum Gasteiger partial charge on any atom is -0.494 e. The first-order valence-electron chi connectivity index (χ1n) is 8.82. The summed E-state index contributed by atoms with van der Waals surface area (Å²) in [5.41, 5.74) is 0.563. The second-order valence-corrected chi connectivity index (χ2v) is 5.94. The van der Waals surface area contributed by atoms with E-state index in [1.165, 1.54) is 0 Å². The smallest absolute Gasteiger partial charge is 0.308 e. The van der Waals surface area contributed by atoms with Crippen LogP contribution in [0.1, 0.15) is 30.1 Å². The highest BCUT2D eigenvalue weighted by atomic mass is 16.5. The number of ether oxygens (including phenoxy) is 2. The number of fused-ring (bicyclic) bond motifs is 1. The molecule has 8 heteroatoms. The largest absolute Gasteiger partial charge is 0.494 e. The van der Waals surface area contributed by atoms with Crippen LogP contribution in [0.4, 0.5) is 0 Å². The Labute approximate surface area is 160 Å². The maximum atomic E-state index is 12.3. The normalized spacial score (nSPS) is 10.6. The molecule has 0 bridgehead atoms. The zero-order chi connectivity index (χ0) is 19.9. The summed E-state index contributed by atoms with van der Waals surface area (Å²) < 4.78 is 11.3. The molecule has 144 valence electrons. The van der Waals surface area contributed by atoms with Crippen LogP contribution in [0.2, 0.25) is 0 Å². The topological polar surface area (TPSA) is 100 Å². The lowest BCUT2D eigenvalue weighted by atomic mass is 10.1. The van der Waals surface area contributed by atoms with Crippen LogP contribution >= 0.6 is 0 Å². The van der Waals surface area contributed by atoms with Gasteiger partial charge in [-0.15, -0.1) is 5.10 Å². The number of benzene rings is 2. The average molecular weight is 381 g/mol. The minimum atomic E-state index is -0.596. The van der Waals surface area contributed by atoms with Crippen LogP contribution in [0, 0.1) is 0 Å². The van der Waals surface area contributed by atoms with E-state index in [-0.39, 0.29) is 25.4 Å². The van der Waals surface area contributed by atoms with Crippen molar-refractivity contribution in [3.05, 3.63) is 64.4 Å². The molecule has 0 aliphatic heterocycles. The Morgan fingerprint density at radius 2 is 1.79 bits per heavy atom. The standard InChI is InChI=1S/C20H19N3O5/c1-2-27-15-9-7-14(8-10-15)18(24)11-12-19(25)28-13-23-20(26)16-5-3-4-6-17(16)21-22-23/h3-10H,2,11-13H2,1H3. The predicted molar refractivity (Wildman–Crippen MR) is 101 cm³/mol. The molecule has 28 heavy (non-hydrogen) atoms. The SMILES string of the molecule is CCOc1ccc(C(=O)CCC(=O)OCn2nnc3ccccc3c2=O)cc1. The Hall–Kier alpha value is -3.55. The Kier molecular flexibility index (Phi) is 6.11. The van der Waals surface area contributed by atoms with Gasteiger partial charge in [-0.3, -0.25) is 14.4 Å². The van der Waals surface area contributed by atoms with E-state index in [9.17, 15) is 14.4 Å². The lowest BCUT2D eigenvalue weighted by molar-refractivity contribution is -0.148. The number of ketones is 1. The van der Waals surface area contributed by atoms with Crippen LogP contribution in [-0.4, -0.2) is 33.4 Å². The van der Waals surface area contributed by atoms with Crippen LogP contribution in [0.25, 0.3) is 10.9 Å². The second kappa shape index (κ2) is 8.90. The van der Waals surface area contributed by atoms with Gasteiger partial charge in [-0.05, 0) is 43.3 Å². The lowest BCUT2D eigenvalue weighted by Crippen LogP contribution is -2.26. The summed E-state index contributed by atoms with van der Waals surface area (Å²) in [7, 11) is 0. The number of Topliss-reactive ketones (excluding diaryl/α,β-unsaturated/α-hetero) is 1. The summed E-state index contributed by atoms with van der Waals surface area (Å²) >= 11 is 0. The Balaban J connectivity index is 1.52. The van der Waals surface area contributed by atoms with Crippen molar-refractivity contribution in [1.82, 2.24) is 15.0 Å². The van der Waals surface area contributed by atoms with Crippen LogP contribution in [0.5, 0.6) is 5.75 Å². The summed E-state index contributed by atoms with van der Waals surface area (Å²) in [6, 6.07) is 13.5. The van der Waals surface area contributed by atoms with Crippen molar-refractivity contribution in [3.8, 4) is 5.75 Å². The number of aromatic nitrogens is 3. The van der Waals surface area contributed by atoms with E-state index in [2.05, 4.69) is 10.3 Å². The zero-order valence-corrected chi connectivity index (χ0v) is 15.3. The predicted octanol–water partition coefficient (Wildman–Crippen LogP) is 2.35. The number of carbonyl (C=O) groups excluding carboxylic acids is 2. The van der Waals surface area contributed by atoms with Crippen molar-refractivity contribution in [1.29, 1.82) is 0 Å². The molecule has 1 heterocycles. The molecule has 0 aliphatic rings. The van der Waals surface area contributed by atoms with E-state index < -0.39 is 11.5 Å². The summed E-state index contributed by atoms with van der Waals surface area (Å²) in [5, 5.41) is 8.04. The Morgan fingerprint density at radius 3 is 2.54 bits per heavy atom. The molecule has 0 unspecified atom stereocenters. The number of hydrogen-bond donors (Lipinski definition) is 0. The van der Waals surface area contributed by atoms with Gasteiger partial charge in [0.05, 0.1) is 18.4 Å². The third kappa shape index (κ3) is 4.59. The van der Waals surface area contributed by atoms with Crippen LogP contribution < -0.4 is 10.3 Å². The first-order valence-corrected chi connectivity index (χ1v) is 8.82. The number of hydrogen-bond acceptors (Lipinski definition) is 7. The highest BCUT2D eigenvalue weighted by Crippen LogP contribution is 2.14. The third-order valence-electron chi connectivity index (χ3n) is 4.02. The van der Waals surface area contributed by atoms with Gasteiger partial charge in [-0.1, -0.05) is 17.3 Å².